The van der Waals surface area contributed by atoms with Crippen molar-refractivity contribution in [1.82, 2.24) is 14.6 Å². The number of pyridine rings is 1. The predicted octanol–water partition coefficient (Wildman–Crippen LogP) is 4.91. The van der Waals surface area contributed by atoms with Gasteiger partial charge in [-0.05, 0) is 42.3 Å². The Bertz CT molecular complexity index is 1230. The second kappa shape index (κ2) is 9.82. The number of aliphatic hydroxyl groups is 1. The summed E-state index contributed by atoms with van der Waals surface area (Å²) in [4.78, 5) is 0. The fourth-order valence-electron chi connectivity index (χ4n) is 3.24. The number of aromatic nitrogens is 3. The maximum atomic E-state index is 14.9. The highest BCUT2D eigenvalue weighted by atomic mass is 35.5. The normalized spacial score (nSPS) is 12.8. The van der Waals surface area contributed by atoms with Crippen molar-refractivity contribution in [3.05, 3.63) is 83.3 Å². The van der Waals surface area contributed by atoms with E-state index in [0.717, 1.165) is 16.7 Å². The van der Waals surface area contributed by atoms with Crippen LogP contribution in [-0.4, -0.2) is 45.6 Å². The summed E-state index contributed by atoms with van der Waals surface area (Å²) in [6, 6.07) is 18.0. The lowest BCUT2D eigenvalue weighted by molar-refractivity contribution is -0.105. The molecular weight excluding hydrogens is 452 g/mol. The molecule has 9 heteroatoms. The van der Waals surface area contributed by atoms with Gasteiger partial charge in [-0.1, -0.05) is 53.6 Å². The number of aliphatic hydroxyl groups excluding tert-OH is 1. The molecule has 2 heterocycles. The van der Waals surface area contributed by atoms with Crippen LogP contribution in [0.1, 0.15) is 11.4 Å². The molecule has 0 amide bonds. The molecule has 2 aromatic heterocycles. The number of para-hydroxylation sites is 1. The Morgan fingerprint density at radius 2 is 1.73 bits per heavy atom. The lowest BCUT2D eigenvalue weighted by Crippen LogP contribution is -2.29. The highest BCUT2D eigenvalue weighted by Crippen LogP contribution is 2.29. The van der Waals surface area contributed by atoms with Gasteiger partial charge in [-0.3, -0.25) is 4.40 Å². The summed E-state index contributed by atoms with van der Waals surface area (Å²) >= 11 is 5.98. The third-order valence-electron chi connectivity index (χ3n) is 4.98. The molecule has 172 valence electrons. The van der Waals surface area contributed by atoms with Crippen LogP contribution in [-0.2, 0) is 10.7 Å². The number of alkyl halides is 2. The Hall–Kier alpha value is -3.07. The van der Waals surface area contributed by atoms with E-state index in [1.54, 1.807) is 36.5 Å². The molecule has 33 heavy (non-hydrogen) atoms. The van der Waals surface area contributed by atoms with Crippen LogP contribution in [0.15, 0.2) is 66.9 Å². The minimum absolute atomic E-state index is 0.150. The summed E-state index contributed by atoms with van der Waals surface area (Å²) in [6.07, 6.45) is 0.468. The number of benzene rings is 2. The quantitative estimate of drug-likeness (QED) is 0.374. The van der Waals surface area contributed by atoms with Crippen LogP contribution in [0.3, 0.4) is 0 Å². The zero-order valence-electron chi connectivity index (χ0n) is 17.8. The molecule has 0 fully saturated rings. The average molecular weight is 474 g/mol. The van der Waals surface area contributed by atoms with Gasteiger partial charge in [0.05, 0.1) is 11.6 Å². The molecule has 6 nitrogen and oxygen atoms in total. The Morgan fingerprint density at radius 1 is 1.00 bits per heavy atom. The standard InChI is InChI=1S/C24H22ClF2N3O3/c1-16-6-8-17(9-7-16)18-10-11-22-28-29-23(30(22)12-18)24(26,27)15-32-13-19(31)14-33-21-5-3-2-4-20(21)25/h2-12,19,31H,13-15H2,1H3. The lowest BCUT2D eigenvalue weighted by atomic mass is 10.1. The number of hydrogen-bond acceptors (Lipinski definition) is 5. The number of rotatable bonds is 9. The maximum absolute atomic E-state index is 14.9. The molecular formula is C24H22ClF2N3O3. The molecule has 4 aromatic rings. The molecule has 0 aliphatic heterocycles. The molecule has 4 rings (SSSR count). The van der Waals surface area contributed by atoms with Crippen molar-refractivity contribution in [2.75, 3.05) is 19.8 Å². The molecule has 0 bridgehead atoms. The van der Waals surface area contributed by atoms with Crippen molar-refractivity contribution in [3.63, 3.8) is 0 Å². The number of nitrogens with zero attached hydrogens (tertiary/aromatic N) is 3. The van der Waals surface area contributed by atoms with Crippen molar-refractivity contribution in [1.29, 1.82) is 0 Å². The van der Waals surface area contributed by atoms with E-state index >= 15 is 0 Å². The topological polar surface area (TPSA) is 68.9 Å². The van der Waals surface area contributed by atoms with Gasteiger partial charge in [0.25, 0.3) is 0 Å². The highest BCUT2D eigenvalue weighted by Gasteiger charge is 2.38. The molecule has 0 saturated carbocycles. The minimum atomic E-state index is -3.42. The van der Waals surface area contributed by atoms with Crippen LogP contribution in [0.4, 0.5) is 8.78 Å². The summed E-state index contributed by atoms with van der Waals surface area (Å²) in [6.45, 7) is 0.519. The first-order valence-electron chi connectivity index (χ1n) is 10.3. The van der Waals surface area contributed by atoms with Crippen LogP contribution in [0, 0.1) is 6.92 Å². The molecule has 1 atom stereocenters. The van der Waals surface area contributed by atoms with Crippen LogP contribution in [0.2, 0.25) is 5.02 Å². The molecule has 2 aromatic carbocycles. The smallest absolute Gasteiger partial charge is 0.329 e. The zero-order chi connectivity index (χ0) is 23.4. The van der Waals surface area contributed by atoms with E-state index in [-0.39, 0.29) is 13.2 Å². The minimum Gasteiger partial charge on any atom is -0.489 e. The van der Waals surface area contributed by atoms with Gasteiger partial charge in [0, 0.05) is 6.20 Å². The van der Waals surface area contributed by atoms with Gasteiger partial charge in [-0.25, -0.2) is 0 Å². The predicted molar refractivity (Wildman–Crippen MR) is 121 cm³/mol. The van der Waals surface area contributed by atoms with Gasteiger partial charge in [-0.15, -0.1) is 10.2 Å². The number of halogens is 3. The third kappa shape index (κ3) is 5.47. The second-order valence-corrected chi connectivity index (χ2v) is 8.06. The van der Waals surface area contributed by atoms with Crippen LogP contribution < -0.4 is 4.74 Å². The first kappa shape index (κ1) is 23.1. The number of hydrogen-bond donors (Lipinski definition) is 1. The van der Waals surface area contributed by atoms with Crippen molar-refractivity contribution >= 4 is 17.2 Å². The van der Waals surface area contributed by atoms with Gasteiger partial charge in [0.15, 0.2) is 5.65 Å². The number of aryl methyl sites for hydroxylation is 1. The zero-order valence-corrected chi connectivity index (χ0v) is 18.5. The average Bonchev–Trinajstić information content (AvgIpc) is 3.23. The van der Waals surface area contributed by atoms with Gasteiger partial charge in [0.1, 0.15) is 25.1 Å². The molecule has 0 spiro atoms. The molecule has 0 aliphatic carbocycles. The summed E-state index contributed by atoms with van der Waals surface area (Å²) in [7, 11) is 0. The summed E-state index contributed by atoms with van der Waals surface area (Å²) < 4.78 is 41.5. The van der Waals surface area contributed by atoms with Gasteiger partial charge < -0.3 is 14.6 Å². The van der Waals surface area contributed by atoms with Crippen LogP contribution in [0.5, 0.6) is 5.75 Å². The number of fused-ring (bicyclic) bond motifs is 1. The van der Waals surface area contributed by atoms with Gasteiger partial charge in [0.2, 0.25) is 5.82 Å². The van der Waals surface area contributed by atoms with E-state index in [2.05, 4.69) is 10.2 Å². The molecule has 0 saturated heterocycles. The lowest BCUT2D eigenvalue weighted by Gasteiger charge is -2.17. The summed E-state index contributed by atoms with van der Waals surface area (Å²) in [5.74, 6) is -3.56. The van der Waals surface area contributed by atoms with Crippen molar-refractivity contribution in [2.45, 2.75) is 19.0 Å². The first-order valence-corrected chi connectivity index (χ1v) is 10.6. The third-order valence-corrected chi connectivity index (χ3v) is 5.29. The van der Waals surface area contributed by atoms with Crippen molar-refractivity contribution < 1.29 is 23.4 Å². The second-order valence-electron chi connectivity index (χ2n) is 7.65. The van der Waals surface area contributed by atoms with Gasteiger partial charge in [-0.2, -0.15) is 8.78 Å². The maximum Gasteiger partial charge on any atom is 0.329 e. The Labute approximate surface area is 194 Å². The van der Waals surface area contributed by atoms with Crippen LogP contribution in [0.25, 0.3) is 16.8 Å². The van der Waals surface area contributed by atoms with E-state index in [1.165, 1.54) is 4.40 Å². The van der Waals surface area contributed by atoms with Gasteiger partial charge >= 0.3 is 5.92 Å². The monoisotopic (exact) mass is 473 g/mol. The van der Waals surface area contributed by atoms with E-state index in [4.69, 9.17) is 21.1 Å². The molecule has 0 radical (unpaired) electrons. The Balaban J connectivity index is 1.40. The van der Waals surface area contributed by atoms with E-state index in [9.17, 15) is 13.9 Å². The van der Waals surface area contributed by atoms with Crippen LogP contribution >= 0.6 is 11.6 Å². The summed E-state index contributed by atoms with van der Waals surface area (Å²) in [5.41, 5.74) is 3.05. The number of ether oxygens (including phenoxy) is 2. The summed E-state index contributed by atoms with van der Waals surface area (Å²) in [5, 5.41) is 17.9. The Kier molecular flexibility index (Phi) is 6.88. The van der Waals surface area contributed by atoms with Crippen molar-refractivity contribution in [2.24, 2.45) is 0 Å². The highest BCUT2D eigenvalue weighted by molar-refractivity contribution is 6.32. The van der Waals surface area contributed by atoms with E-state index in [0.29, 0.717) is 16.4 Å². The molecule has 0 aliphatic rings. The molecule has 1 N–H and O–H groups in total. The Morgan fingerprint density at radius 3 is 2.48 bits per heavy atom. The van der Waals surface area contributed by atoms with E-state index in [1.807, 2.05) is 37.3 Å². The first-order chi connectivity index (χ1) is 15.8. The largest absolute Gasteiger partial charge is 0.489 e. The molecule has 1 unspecified atom stereocenters. The fraction of sp³-hybridized carbons (Fsp3) is 0.250. The van der Waals surface area contributed by atoms with Crippen molar-refractivity contribution in [3.8, 4) is 16.9 Å². The van der Waals surface area contributed by atoms with E-state index < -0.39 is 24.5 Å². The fourth-order valence-corrected chi connectivity index (χ4v) is 3.43. The SMILES string of the molecule is Cc1ccc(-c2ccc3nnc(C(F)(F)COCC(O)COc4ccccc4Cl)n3c2)cc1.